The highest BCUT2D eigenvalue weighted by Crippen LogP contribution is 2.28. The summed E-state index contributed by atoms with van der Waals surface area (Å²) in [6.45, 7) is 1.41. The molecule has 1 amide bonds. The van der Waals surface area contributed by atoms with Crippen LogP contribution in [-0.4, -0.2) is 29.5 Å². The highest BCUT2D eigenvalue weighted by atomic mass is 32.1. The molecule has 0 radical (unpaired) electrons. The number of benzene rings is 1. The van der Waals surface area contributed by atoms with Crippen molar-refractivity contribution in [1.82, 2.24) is 10.3 Å². The van der Waals surface area contributed by atoms with Crippen LogP contribution in [-0.2, 0) is 9.53 Å². The van der Waals surface area contributed by atoms with E-state index >= 15 is 0 Å². The summed E-state index contributed by atoms with van der Waals surface area (Å²) < 4.78 is 18.0. The van der Waals surface area contributed by atoms with E-state index in [1.807, 2.05) is 0 Å². The minimum atomic E-state index is -0.570. The maximum Gasteiger partial charge on any atom is 0.350 e. The Balaban J connectivity index is 1.66. The highest BCUT2D eigenvalue weighted by Gasteiger charge is 2.24. The average Bonchev–Trinajstić information content (AvgIpc) is 3.25. The molecule has 0 saturated heterocycles. The Kier molecular flexibility index (Phi) is 4.38. The Morgan fingerprint density at radius 2 is 2.04 bits per heavy atom. The van der Waals surface area contributed by atoms with Crippen LogP contribution in [0, 0.1) is 12.7 Å². The molecule has 0 aliphatic heterocycles. The number of hydrogen-bond acceptors (Lipinski definition) is 5. The van der Waals surface area contributed by atoms with Crippen molar-refractivity contribution in [2.75, 3.05) is 6.61 Å². The number of carbonyl (C=O) groups is 2. The summed E-state index contributed by atoms with van der Waals surface area (Å²) in [6, 6.07) is 6.12. The average molecular weight is 334 g/mol. The van der Waals surface area contributed by atoms with Gasteiger partial charge in [0.25, 0.3) is 5.91 Å². The minimum absolute atomic E-state index is 0.233. The van der Waals surface area contributed by atoms with Crippen LogP contribution in [0.4, 0.5) is 4.39 Å². The van der Waals surface area contributed by atoms with Crippen molar-refractivity contribution in [1.29, 1.82) is 0 Å². The Morgan fingerprint density at radius 3 is 2.70 bits per heavy atom. The van der Waals surface area contributed by atoms with Crippen LogP contribution in [0.1, 0.15) is 28.2 Å². The Morgan fingerprint density at radius 1 is 1.35 bits per heavy atom. The zero-order chi connectivity index (χ0) is 16.4. The molecule has 0 bridgehead atoms. The molecule has 0 atom stereocenters. The first kappa shape index (κ1) is 15.6. The fourth-order valence-electron chi connectivity index (χ4n) is 2.00. The number of hydrogen-bond donors (Lipinski definition) is 1. The van der Waals surface area contributed by atoms with E-state index in [0.29, 0.717) is 15.6 Å². The second kappa shape index (κ2) is 6.45. The van der Waals surface area contributed by atoms with E-state index in [-0.39, 0.29) is 24.4 Å². The summed E-state index contributed by atoms with van der Waals surface area (Å²) in [5.74, 6) is -1.19. The molecule has 23 heavy (non-hydrogen) atoms. The predicted octanol–water partition coefficient (Wildman–Crippen LogP) is 2.69. The third kappa shape index (κ3) is 3.92. The second-order valence-corrected chi connectivity index (χ2v) is 6.36. The van der Waals surface area contributed by atoms with Crippen molar-refractivity contribution >= 4 is 23.2 Å². The van der Waals surface area contributed by atoms with Crippen LogP contribution < -0.4 is 5.32 Å². The van der Waals surface area contributed by atoms with Gasteiger partial charge in [-0.05, 0) is 44.0 Å². The van der Waals surface area contributed by atoms with E-state index < -0.39 is 5.97 Å². The number of ether oxygens (including phenoxy) is 1. The molecule has 1 aliphatic rings. The van der Waals surface area contributed by atoms with Gasteiger partial charge in [-0.15, -0.1) is 11.3 Å². The molecule has 1 heterocycles. The number of nitrogens with zero attached hydrogens (tertiary/aromatic N) is 1. The smallest absolute Gasteiger partial charge is 0.350 e. The van der Waals surface area contributed by atoms with Gasteiger partial charge in [0.1, 0.15) is 15.7 Å². The van der Waals surface area contributed by atoms with Crippen LogP contribution in [0.25, 0.3) is 10.6 Å². The molecule has 120 valence electrons. The van der Waals surface area contributed by atoms with Gasteiger partial charge in [0.15, 0.2) is 6.61 Å². The molecule has 7 heteroatoms. The molecular formula is C16H15FN2O3S. The Hall–Kier alpha value is -2.28. The lowest BCUT2D eigenvalue weighted by Gasteiger charge is -2.04. The number of aryl methyl sites for hydroxylation is 1. The first-order valence-electron chi connectivity index (χ1n) is 7.23. The first-order valence-corrected chi connectivity index (χ1v) is 8.04. The van der Waals surface area contributed by atoms with Gasteiger partial charge in [-0.2, -0.15) is 0 Å². The van der Waals surface area contributed by atoms with Crippen molar-refractivity contribution in [2.45, 2.75) is 25.8 Å². The standard InChI is InChI=1S/C16H15FN2O3S/c1-9-14(16(21)22-8-13(20)19-12-6-7-12)23-15(18-9)10-2-4-11(17)5-3-10/h2-5,12H,6-8H2,1H3,(H,19,20). The second-order valence-electron chi connectivity index (χ2n) is 5.36. The molecule has 1 aromatic heterocycles. The van der Waals surface area contributed by atoms with Gasteiger partial charge in [-0.1, -0.05) is 0 Å². The highest BCUT2D eigenvalue weighted by molar-refractivity contribution is 7.17. The van der Waals surface area contributed by atoms with Gasteiger partial charge in [0.2, 0.25) is 0 Å². The number of halogens is 1. The van der Waals surface area contributed by atoms with Crippen molar-refractivity contribution in [2.24, 2.45) is 0 Å². The normalized spacial score (nSPS) is 13.7. The fourth-order valence-corrected chi connectivity index (χ4v) is 2.96. The molecule has 1 N–H and O–H groups in total. The van der Waals surface area contributed by atoms with E-state index in [4.69, 9.17) is 4.74 Å². The van der Waals surface area contributed by atoms with Crippen LogP contribution >= 0.6 is 11.3 Å². The number of nitrogens with one attached hydrogen (secondary N) is 1. The zero-order valence-electron chi connectivity index (χ0n) is 12.5. The quantitative estimate of drug-likeness (QED) is 0.854. The Labute approximate surface area is 136 Å². The van der Waals surface area contributed by atoms with Crippen molar-refractivity contribution in [3.63, 3.8) is 0 Å². The molecular weight excluding hydrogens is 319 g/mol. The molecule has 2 aromatic rings. The minimum Gasteiger partial charge on any atom is -0.451 e. The number of rotatable bonds is 5. The number of amides is 1. The fraction of sp³-hybridized carbons (Fsp3) is 0.312. The summed E-state index contributed by atoms with van der Waals surface area (Å²) in [5, 5.41) is 3.36. The maximum absolute atomic E-state index is 13.0. The van der Waals surface area contributed by atoms with Crippen molar-refractivity contribution < 1.29 is 18.7 Å². The third-order valence-electron chi connectivity index (χ3n) is 3.35. The monoisotopic (exact) mass is 334 g/mol. The molecule has 3 rings (SSSR count). The van der Waals surface area contributed by atoms with E-state index in [1.54, 1.807) is 19.1 Å². The summed E-state index contributed by atoms with van der Waals surface area (Å²) in [6.07, 6.45) is 1.96. The topological polar surface area (TPSA) is 68.3 Å². The number of thiazole rings is 1. The van der Waals surface area contributed by atoms with E-state index in [0.717, 1.165) is 29.7 Å². The molecule has 0 unspecified atom stereocenters. The van der Waals surface area contributed by atoms with E-state index in [2.05, 4.69) is 10.3 Å². The number of esters is 1. The molecule has 1 fully saturated rings. The SMILES string of the molecule is Cc1nc(-c2ccc(F)cc2)sc1C(=O)OCC(=O)NC1CC1. The number of aromatic nitrogens is 1. The summed E-state index contributed by atoms with van der Waals surface area (Å²) in [4.78, 5) is 28.3. The molecule has 1 aromatic carbocycles. The summed E-state index contributed by atoms with van der Waals surface area (Å²) >= 11 is 1.16. The lowest BCUT2D eigenvalue weighted by atomic mass is 10.2. The van der Waals surface area contributed by atoms with Gasteiger partial charge >= 0.3 is 5.97 Å². The lowest BCUT2D eigenvalue weighted by Crippen LogP contribution is -2.30. The summed E-state index contributed by atoms with van der Waals surface area (Å²) in [5.41, 5.74) is 1.26. The van der Waals surface area contributed by atoms with Crippen molar-refractivity contribution in [3.8, 4) is 10.6 Å². The van der Waals surface area contributed by atoms with Gasteiger partial charge in [-0.3, -0.25) is 4.79 Å². The van der Waals surface area contributed by atoms with Crippen LogP contribution in [0.3, 0.4) is 0 Å². The molecule has 5 nitrogen and oxygen atoms in total. The van der Waals surface area contributed by atoms with Crippen LogP contribution in [0.5, 0.6) is 0 Å². The Bertz CT molecular complexity index is 738. The molecule has 1 saturated carbocycles. The molecule has 1 aliphatic carbocycles. The van der Waals surface area contributed by atoms with Crippen LogP contribution in [0.15, 0.2) is 24.3 Å². The van der Waals surface area contributed by atoms with E-state index in [9.17, 15) is 14.0 Å². The van der Waals surface area contributed by atoms with Gasteiger partial charge in [0, 0.05) is 11.6 Å². The maximum atomic E-state index is 13.0. The van der Waals surface area contributed by atoms with Gasteiger partial charge in [0.05, 0.1) is 5.69 Å². The number of carbonyl (C=O) groups excluding carboxylic acids is 2. The van der Waals surface area contributed by atoms with Crippen LogP contribution in [0.2, 0.25) is 0 Å². The zero-order valence-corrected chi connectivity index (χ0v) is 13.3. The van der Waals surface area contributed by atoms with E-state index in [1.165, 1.54) is 12.1 Å². The molecule has 0 spiro atoms. The lowest BCUT2D eigenvalue weighted by molar-refractivity contribution is -0.124. The first-order chi connectivity index (χ1) is 11.0. The largest absolute Gasteiger partial charge is 0.451 e. The third-order valence-corrected chi connectivity index (χ3v) is 4.54. The summed E-state index contributed by atoms with van der Waals surface area (Å²) in [7, 11) is 0. The van der Waals surface area contributed by atoms with Crippen molar-refractivity contribution in [3.05, 3.63) is 40.7 Å². The van der Waals surface area contributed by atoms with Gasteiger partial charge < -0.3 is 10.1 Å². The predicted molar refractivity (Wildman–Crippen MR) is 83.7 cm³/mol. The van der Waals surface area contributed by atoms with Gasteiger partial charge in [-0.25, -0.2) is 14.2 Å².